The summed E-state index contributed by atoms with van der Waals surface area (Å²) >= 11 is 0. The highest BCUT2D eigenvalue weighted by atomic mass is 15.1. The molecule has 4 nitrogen and oxygen atoms in total. The highest BCUT2D eigenvalue weighted by Crippen LogP contribution is 2.25. The number of nitrogens with zero attached hydrogens (tertiary/aromatic N) is 3. The lowest BCUT2D eigenvalue weighted by molar-refractivity contribution is 0.203. The van der Waals surface area contributed by atoms with Crippen LogP contribution in [-0.4, -0.2) is 61.7 Å². The Balaban J connectivity index is 2.34. The molecule has 0 bridgehead atoms. The maximum Gasteiger partial charge on any atom is 0.105 e. The molecular formula is C15H30N4. The van der Waals surface area contributed by atoms with Crippen molar-refractivity contribution in [3.63, 3.8) is 0 Å². The van der Waals surface area contributed by atoms with Crippen molar-refractivity contribution in [2.75, 3.05) is 34.2 Å². The first-order chi connectivity index (χ1) is 8.86. The van der Waals surface area contributed by atoms with Gasteiger partial charge in [0.1, 0.15) is 5.54 Å². The average molecular weight is 266 g/mol. The van der Waals surface area contributed by atoms with E-state index in [-0.39, 0.29) is 5.54 Å². The molecule has 2 atom stereocenters. The fraction of sp³-hybridized carbons (Fsp3) is 0.933. The first kappa shape index (κ1) is 16.4. The van der Waals surface area contributed by atoms with Crippen molar-refractivity contribution >= 4 is 0 Å². The molecule has 2 unspecified atom stereocenters. The molecule has 0 aromatic carbocycles. The molecule has 1 fully saturated rings. The van der Waals surface area contributed by atoms with Crippen LogP contribution in [0.3, 0.4) is 0 Å². The zero-order valence-corrected chi connectivity index (χ0v) is 13.2. The number of rotatable bonds is 9. The maximum atomic E-state index is 9.40. The van der Waals surface area contributed by atoms with Gasteiger partial charge in [0.05, 0.1) is 6.07 Å². The fourth-order valence-corrected chi connectivity index (χ4v) is 2.42. The van der Waals surface area contributed by atoms with Gasteiger partial charge < -0.3 is 9.80 Å². The van der Waals surface area contributed by atoms with E-state index in [1.54, 1.807) is 0 Å². The minimum Gasteiger partial charge on any atom is -0.309 e. The van der Waals surface area contributed by atoms with Crippen molar-refractivity contribution in [1.82, 2.24) is 15.1 Å². The monoisotopic (exact) mass is 266 g/mol. The topological polar surface area (TPSA) is 42.3 Å². The Morgan fingerprint density at radius 2 is 1.95 bits per heavy atom. The lowest BCUT2D eigenvalue weighted by Crippen LogP contribution is -2.47. The van der Waals surface area contributed by atoms with E-state index in [1.807, 2.05) is 6.92 Å². The SMILES string of the molecule is CC(CC(C)(C#N)NC1CC1)N(C)CCCN(C)C. The molecule has 0 aromatic rings. The summed E-state index contributed by atoms with van der Waals surface area (Å²) in [5.41, 5.74) is -0.379. The van der Waals surface area contributed by atoms with E-state index in [1.165, 1.54) is 19.3 Å². The Kier molecular flexibility index (Phi) is 6.25. The molecule has 0 heterocycles. The molecule has 110 valence electrons. The number of hydrogen-bond donors (Lipinski definition) is 1. The summed E-state index contributed by atoms with van der Waals surface area (Å²) in [6.07, 6.45) is 4.51. The summed E-state index contributed by atoms with van der Waals surface area (Å²) in [7, 11) is 6.38. The molecule has 1 aliphatic rings. The van der Waals surface area contributed by atoms with Crippen LogP contribution >= 0.6 is 0 Å². The predicted octanol–water partition coefficient (Wildman–Crippen LogP) is 1.68. The van der Waals surface area contributed by atoms with Crippen LogP contribution in [-0.2, 0) is 0 Å². The van der Waals surface area contributed by atoms with E-state index < -0.39 is 0 Å². The van der Waals surface area contributed by atoms with Crippen LogP contribution in [0.1, 0.15) is 39.5 Å². The van der Waals surface area contributed by atoms with Gasteiger partial charge >= 0.3 is 0 Å². The lowest BCUT2D eigenvalue weighted by Gasteiger charge is -2.32. The van der Waals surface area contributed by atoms with E-state index in [9.17, 15) is 5.26 Å². The molecule has 1 N–H and O–H groups in total. The van der Waals surface area contributed by atoms with Crippen LogP contribution in [0.25, 0.3) is 0 Å². The molecule has 1 saturated carbocycles. The third-order valence-corrected chi connectivity index (χ3v) is 3.92. The Hall–Kier alpha value is -0.630. The van der Waals surface area contributed by atoms with Crippen molar-refractivity contribution in [3.8, 4) is 6.07 Å². The third-order valence-electron chi connectivity index (χ3n) is 3.92. The van der Waals surface area contributed by atoms with Gasteiger partial charge in [0, 0.05) is 12.1 Å². The Labute approximate surface area is 118 Å². The van der Waals surface area contributed by atoms with Gasteiger partial charge in [-0.3, -0.25) is 5.32 Å². The van der Waals surface area contributed by atoms with Crippen LogP contribution < -0.4 is 5.32 Å². The second-order valence-corrected chi connectivity index (χ2v) is 6.55. The van der Waals surface area contributed by atoms with E-state index in [0.717, 1.165) is 19.5 Å². The van der Waals surface area contributed by atoms with Gasteiger partial charge in [-0.25, -0.2) is 0 Å². The van der Waals surface area contributed by atoms with Crippen molar-refractivity contribution in [2.24, 2.45) is 0 Å². The predicted molar refractivity (Wildman–Crippen MR) is 80.1 cm³/mol. The fourth-order valence-electron chi connectivity index (χ4n) is 2.42. The molecule has 0 aliphatic heterocycles. The van der Waals surface area contributed by atoms with Gasteiger partial charge in [-0.15, -0.1) is 0 Å². The smallest absolute Gasteiger partial charge is 0.105 e. The molecule has 0 amide bonds. The Morgan fingerprint density at radius 3 is 2.42 bits per heavy atom. The van der Waals surface area contributed by atoms with Crippen molar-refractivity contribution in [2.45, 2.75) is 57.2 Å². The van der Waals surface area contributed by atoms with Crippen molar-refractivity contribution in [3.05, 3.63) is 0 Å². The van der Waals surface area contributed by atoms with Crippen LogP contribution in [0.2, 0.25) is 0 Å². The van der Waals surface area contributed by atoms with Gasteiger partial charge in [0.2, 0.25) is 0 Å². The molecule has 19 heavy (non-hydrogen) atoms. The quantitative estimate of drug-likeness (QED) is 0.689. The van der Waals surface area contributed by atoms with Crippen molar-refractivity contribution in [1.29, 1.82) is 5.26 Å². The largest absolute Gasteiger partial charge is 0.309 e. The summed E-state index contributed by atoms with van der Waals surface area (Å²) < 4.78 is 0. The van der Waals surface area contributed by atoms with Crippen LogP contribution in [0, 0.1) is 11.3 Å². The highest BCUT2D eigenvalue weighted by molar-refractivity contribution is 5.08. The second kappa shape index (κ2) is 7.23. The van der Waals surface area contributed by atoms with Crippen LogP contribution in [0.5, 0.6) is 0 Å². The number of nitriles is 1. The first-order valence-electron chi connectivity index (χ1n) is 7.40. The summed E-state index contributed by atoms with van der Waals surface area (Å²) in [6, 6.07) is 3.47. The normalized spacial score (nSPS) is 20.3. The number of hydrogen-bond acceptors (Lipinski definition) is 4. The second-order valence-electron chi connectivity index (χ2n) is 6.55. The standard InChI is InChI=1S/C15H30N4/c1-13(19(5)10-6-9-18(3)4)11-15(2,12-16)17-14-7-8-14/h13-14,17H,6-11H2,1-5H3. The van der Waals surface area contributed by atoms with Crippen LogP contribution in [0.15, 0.2) is 0 Å². The van der Waals surface area contributed by atoms with Crippen molar-refractivity contribution < 1.29 is 0 Å². The summed E-state index contributed by atoms with van der Waals surface area (Å²) in [5.74, 6) is 0. The summed E-state index contributed by atoms with van der Waals surface area (Å²) in [4.78, 5) is 4.58. The van der Waals surface area contributed by atoms with E-state index >= 15 is 0 Å². The van der Waals surface area contributed by atoms with Gasteiger partial charge in [0.15, 0.2) is 0 Å². The maximum absolute atomic E-state index is 9.40. The van der Waals surface area contributed by atoms with Crippen LogP contribution in [0.4, 0.5) is 0 Å². The van der Waals surface area contributed by atoms with E-state index in [0.29, 0.717) is 12.1 Å². The lowest BCUT2D eigenvalue weighted by atomic mass is 9.94. The van der Waals surface area contributed by atoms with Gasteiger partial charge in [-0.2, -0.15) is 5.26 Å². The first-order valence-corrected chi connectivity index (χ1v) is 7.40. The molecule has 1 aliphatic carbocycles. The zero-order valence-electron chi connectivity index (χ0n) is 13.2. The molecule has 0 aromatic heterocycles. The third kappa shape index (κ3) is 6.38. The van der Waals surface area contributed by atoms with Gasteiger partial charge in [-0.1, -0.05) is 0 Å². The Bertz CT molecular complexity index is 306. The van der Waals surface area contributed by atoms with E-state index in [2.05, 4.69) is 49.3 Å². The molecule has 0 saturated heterocycles. The van der Waals surface area contributed by atoms with E-state index in [4.69, 9.17) is 0 Å². The minimum absolute atomic E-state index is 0.379. The van der Waals surface area contributed by atoms with Gasteiger partial charge in [-0.05, 0) is 73.8 Å². The molecule has 0 radical (unpaired) electrons. The molecule has 4 heteroatoms. The average Bonchev–Trinajstić information content (AvgIpc) is 3.12. The highest BCUT2D eigenvalue weighted by Gasteiger charge is 2.34. The molecular weight excluding hydrogens is 236 g/mol. The Morgan fingerprint density at radius 1 is 1.32 bits per heavy atom. The summed E-state index contributed by atoms with van der Waals surface area (Å²) in [5, 5.41) is 12.9. The minimum atomic E-state index is -0.379. The van der Waals surface area contributed by atoms with Gasteiger partial charge in [0.25, 0.3) is 0 Å². The number of nitrogens with one attached hydrogen (secondary N) is 1. The molecule has 1 rings (SSSR count). The zero-order chi connectivity index (χ0) is 14.5. The molecule has 0 spiro atoms. The summed E-state index contributed by atoms with van der Waals surface area (Å²) in [6.45, 7) is 6.46.